The zero-order valence-electron chi connectivity index (χ0n) is 14.3. The van der Waals surface area contributed by atoms with E-state index < -0.39 is 6.09 Å². The second kappa shape index (κ2) is 6.98. The molecular weight excluding hydrogens is 346 g/mol. The van der Waals surface area contributed by atoms with Crippen molar-refractivity contribution < 1.29 is 14.3 Å². The molecular formula is C16H21N3O3S2. The number of carbonyl (C=O) groups is 1. The molecule has 2 rings (SSSR count). The van der Waals surface area contributed by atoms with Crippen molar-refractivity contribution in [2.45, 2.75) is 33.1 Å². The lowest BCUT2D eigenvalue weighted by Gasteiger charge is -2.19. The summed E-state index contributed by atoms with van der Waals surface area (Å²) < 4.78 is 12.4. The van der Waals surface area contributed by atoms with E-state index in [2.05, 4.69) is 22.9 Å². The van der Waals surface area contributed by atoms with Crippen molar-refractivity contribution in [2.75, 3.05) is 19.0 Å². The summed E-state index contributed by atoms with van der Waals surface area (Å²) in [4.78, 5) is 17.1. The van der Waals surface area contributed by atoms with Gasteiger partial charge in [0, 0.05) is 11.5 Å². The van der Waals surface area contributed by atoms with Gasteiger partial charge in [0.05, 0.1) is 30.4 Å². The Balaban J connectivity index is 2.77. The Labute approximate surface area is 151 Å². The molecule has 0 aliphatic carbocycles. The maximum atomic E-state index is 12.5. The predicted molar refractivity (Wildman–Crippen MR) is 103 cm³/mol. The van der Waals surface area contributed by atoms with Crippen molar-refractivity contribution in [3.05, 3.63) is 18.0 Å². The fourth-order valence-electron chi connectivity index (χ4n) is 2.36. The molecule has 0 atom stereocenters. The van der Waals surface area contributed by atoms with Gasteiger partial charge in [-0.2, -0.15) is 0 Å². The normalized spacial score (nSPS) is 11.4. The average Bonchev–Trinajstić information content (AvgIpc) is 2.84. The van der Waals surface area contributed by atoms with Crippen LogP contribution in [0.15, 0.2) is 12.1 Å². The molecule has 24 heavy (non-hydrogen) atoms. The highest BCUT2D eigenvalue weighted by molar-refractivity contribution is 8.11. The molecule has 0 aliphatic heterocycles. The van der Waals surface area contributed by atoms with Crippen LogP contribution in [-0.2, 0) is 10.2 Å². The molecule has 1 N–H and O–H groups in total. The molecule has 1 aromatic heterocycles. The van der Waals surface area contributed by atoms with Crippen LogP contribution in [0, 0.1) is 0 Å². The van der Waals surface area contributed by atoms with Gasteiger partial charge in [-0.05, 0) is 13.0 Å². The Kier molecular flexibility index (Phi) is 5.39. The summed E-state index contributed by atoms with van der Waals surface area (Å²) in [6.45, 7) is 8.02. The minimum Gasteiger partial charge on any atom is -0.494 e. The molecule has 0 saturated heterocycles. The molecule has 0 spiro atoms. The fourth-order valence-corrected chi connectivity index (χ4v) is 2.59. The van der Waals surface area contributed by atoms with Gasteiger partial charge in [-0.15, -0.1) is 12.6 Å². The number of thiocarbonyl (C=S) groups is 1. The molecule has 1 heterocycles. The third-order valence-electron chi connectivity index (χ3n) is 3.34. The third kappa shape index (κ3) is 3.64. The van der Waals surface area contributed by atoms with Gasteiger partial charge < -0.3 is 14.8 Å². The van der Waals surface area contributed by atoms with E-state index in [-0.39, 0.29) is 12.0 Å². The van der Waals surface area contributed by atoms with Crippen LogP contribution in [0.25, 0.3) is 11.0 Å². The summed E-state index contributed by atoms with van der Waals surface area (Å²) in [5.41, 5.74) is 1.52. The van der Waals surface area contributed by atoms with E-state index in [1.54, 1.807) is 26.2 Å². The van der Waals surface area contributed by atoms with E-state index >= 15 is 0 Å². The zero-order valence-corrected chi connectivity index (χ0v) is 16.0. The van der Waals surface area contributed by atoms with Gasteiger partial charge >= 0.3 is 6.09 Å². The minimum absolute atomic E-state index is 0.282. The second-order valence-electron chi connectivity index (χ2n) is 6.19. The number of fused-ring (bicyclic) bond motifs is 1. The number of nitrogens with one attached hydrogen (secondary N) is 1. The van der Waals surface area contributed by atoms with Gasteiger partial charge in [-0.1, -0.05) is 33.0 Å². The molecule has 2 aromatic rings. The maximum absolute atomic E-state index is 12.5. The number of methoxy groups -OCH3 is 1. The fraction of sp³-hybridized carbons (Fsp3) is 0.438. The highest BCUT2D eigenvalue weighted by Crippen LogP contribution is 2.34. The minimum atomic E-state index is -0.463. The van der Waals surface area contributed by atoms with Crippen molar-refractivity contribution in [1.29, 1.82) is 0 Å². The first kappa shape index (κ1) is 18.5. The van der Waals surface area contributed by atoms with E-state index in [4.69, 9.17) is 21.7 Å². The number of aromatic nitrogens is 2. The first-order chi connectivity index (χ1) is 11.2. The van der Waals surface area contributed by atoms with Gasteiger partial charge in [0.2, 0.25) is 0 Å². The van der Waals surface area contributed by atoms with Crippen LogP contribution in [0.2, 0.25) is 0 Å². The number of hydrogen-bond acceptors (Lipinski definition) is 5. The molecule has 1 aromatic carbocycles. The number of hydrogen-bond donors (Lipinski definition) is 2. The molecule has 0 fully saturated rings. The number of ether oxygens (including phenoxy) is 2. The summed E-state index contributed by atoms with van der Waals surface area (Å²) in [6, 6.07) is 3.52. The van der Waals surface area contributed by atoms with Gasteiger partial charge in [0.25, 0.3) is 0 Å². The Morgan fingerprint density at radius 2 is 2.08 bits per heavy atom. The van der Waals surface area contributed by atoms with Crippen molar-refractivity contribution in [1.82, 2.24) is 9.55 Å². The van der Waals surface area contributed by atoms with Gasteiger partial charge in [-0.3, -0.25) is 0 Å². The number of thiol groups is 1. The monoisotopic (exact) mass is 367 g/mol. The maximum Gasteiger partial charge on any atom is 0.419 e. The first-order valence-corrected chi connectivity index (χ1v) is 8.32. The Hall–Kier alpha value is -1.80. The summed E-state index contributed by atoms with van der Waals surface area (Å²) in [5, 5.41) is 2.94. The lowest BCUT2D eigenvalue weighted by Crippen LogP contribution is -2.24. The Bertz CT molecular complexity index is 794. The van der Waals surface area contributed by atoms with Gasteiger partial charge in [0.1, 0.15) is 15.9 Å². The van der Waals surface area contributed by atoms with Crippen LogP contribution in [0.3, 0.4) is 0 Å². The first-order valence-electron chi connectivity index (χ1n) is 7.47. The van der Waals surface area contributed by atoms with E-state index in [1.165, 1.54) is 4.57 Å². The molecule has 0 aliphatic rings. The number of benzene rings is 1. The van der Waals surface area contributed by atoms with Crippen LogP contribution < -0.4 is 10.1 Å². The number of anilines is 1. The topological polar surface area (TPSA) is 65.4 Å². The van der Waals surface area contributed by atoms with Gasteiger partial charge in [-0.25, -0.2) is 14.3 Å². The summed E-state index contributed by atoms with van der Waals surface area (Å²) >= 11 is 9.07. The van der Waals surface area contributed by atoms with Crippen LogP contribution in [0.4, 0.5) is 10.5 Å². The highest BCUT2D eigenvalue weighted by atomic mass is 32.1. The number of carbonyl (C=O) groups excluding carboxylic acids is 1. The molecule has 6 nitrogen and oxygen atoms in total. The van der Waals surface area contributed by atoms with E-state index in [0.29, 0.717) is 32.6 Å². The van der Waals surface area contributed by atoms with Crippen LogP contribution in [0.1, 0.15) is 33.5 Å². The number of imidazole rings is 1. The molecule has 0 radical (unpaired) electrons. The van der Waals surface area contributed by atoms with Crippen LogP contribution in [-0.4, -0.2) is 33.7 Å². The van der Waals surface area contributed by atoms with E-state index in [1.807, 2.05) is 20.8 Å². The smallest absolute Gasteiger partial charge is 0.419 e. The van der Waals surface area contributed by atoms with Crippen LogP contribution >= 0.6 is 24.8 Å². The molecule has 0 unspecified atom stereocenters. The molecule has 8 heteroatoms. The lowest BCUT2D eigenvalue weighted by atomic mass is 9.96. The third-order valence-corrected chi connectivity index (χ3v) is 3.55. The van der Waals surface area contributed by atoms with Crippen molar-refractivity contribution in [3.8, 4) is 5.75 Å². The molecule has 0 amide bonds. The molecule has 130 valence electrons. The van der Waals surface area contributed by atoms with Gasteiger partial charge in [0.15, 0.2) is 0 Å². The Morgan fingerprint density at radius 1 is 1.42 bits per heavy atom. The SMILES string of the molecule is CCOC(=O)n1c(C(C)(C)C)nc2cc(OC)c(NC(=S)S)cc21. The molecule has 0 saturated carbocycles. The number of rotatable bonds is 3. The largest absolute Gasteiger partial charge is 0.494 e. The lowest BCUT2D eigenvalue weighted by molar-refractivity contribution is 0.153. The summed E-state index contributed by atoms with van der Waals surface area (Å²) in [7, 11) is 1.56. The Morgan fingerprint density at radius 3 is 2.58 bits per heavy atom. The summed E-state index contributed by atoms with van der Waals surface area (Å²) in [6.07, 6.45) is -0.463. The molecule has 0 bridgehead atoms. The average molecular weight is 367 g/mol. The van der Waals surface area contributed by atoms with E-state index in [9.17, 15) is 4.79 Å². The zero-order chi connectivity index (χ0) is 18.1. The van der Waals surface area contributed by atoms with E-state index in [0.717, 1.165) is 0 Å². The summed E-state index contributed by atoms with van der Waals surface area (Å²) in [5.74, 6) is 1.18. The van der Waals surface area contributed by atoms with Crippen molar-refractivity contribution in [3.63, 3.8) is 0 Å². The standard InChI is InChI=1S/C16H21N3O3S2/c1-6-22-15(20)19-11-7-10(18-14(23)24)12(21-5)8-9(11)17-13(19)16(2,3)4/h7-8H,6H2,1-5H3,(H2,18,23,24). The quantitative estimate of drug-likeness (QED) is 0.632. The second-order valence-corrected chi connectivity index (χ2v) is 7.35. The van der Waals surface area contributed by atoms with Crippen LogP contribution in [0.5, 0.6) is 5.75 Å². The van der Waals surface area contributed by atoms with Crippen molar-refractivity contribution >= 4 is 52.0 Å². The number of nitrogens with zero attached hydrogens (tertiary/aromatic N) is 2. The predicted octanol–water partition coefficient (Wildman–Crippen LogP) is 3.97. The highest BCUT2D eigenvalue weighted by Gasteiger charge is 2.27. The van der Waals surface area contributed by atoms with Crippen molar-refractivity contribution in [2.24, 2.45) is 0 Å².